The van der Waals surface area contributed by atoms with Crippen molar-refractivity contribution in [2.45, 2.75) is 26.7 Å². The molecule has 0 radical (unpaired) electrons. The Labute approximate surface area is 73.6 Å². The first-order valence-corrected chi connectivity index (χ1v) is 4.43. The Balaban J connectivity index is 2.55. The zero-order valence-electron chi connectivity index (χ0n) is 7.80. The molecule has 1 fully saturated rings. The van der Waals surface area contributed by atoms with Gasteiger partial charge < -0.3 is 4.74 Å². The first kappa shape index (κ1) is 9.30. The van der Waals surface area contributed by atoms with Crippen LogP contribution in [0.2, 0.25) is 0 Å². The predicted molar refractivity (Wildman–Crippen MR) is 47.7 cm³/mol. The Morgan fingerprint density at radius 3 is 2.83 bits per heavy atom. The van der Waals surface area contributed by atoms with Gasteiger partial charge in [-0.3, -0.25) is 4.79 Å². The van der Waals surface area contributed by atoms with Crippen LogP contribution in [0.5, 0.6) is 0 Å². The third-order valence-corrected chi connectivity index (χ3v) is 2.47. The number of hydrogen-bond donors (Lipinski definition) is 0. The van der Waals surface area contributed by atoms with Crippen LogP contribution in [-0.4, -0.2) is 12.6 Å². The van der Waals surface area contributed by atoms with Crippen molar-refractivity contribution in [3.8, 4) is 0 Å². The van der Waals surface area contributed by atoms with E-state index in [2.05, 4.69) is 6.58 Å². The Morgan fingerprint density at radius 2 is 2.25 bits per heavy atom. The number of esters is 1. The first-order chi connectivity index (χ1) is 5.61. The molecule has 68 valence electrons. The molecule has 2 heteroatoms. The van der Waals surface area contributed by atoms with Crippen molar-refractivity contribution in [2.75, 3.05) is 6.61 Å². The van der Waals surface area contributed by atoms with Gasteiger partial charge in [0.05, 0.1) is 12.5 Å². The van der Waals surface area contributed by atoms with Gasteiger partial charge in [-0.25, -0.2) is 0 Å². The summed E-state index contributed by atoms with van der Waals surface area (Å²) in [7, 11) is 0. The van der Waals surface area contributed by atoms with Crippen molar-refractivity contribution < 1.29 is 9.53 Å². The summed E-state index contributed by atoms with van der Waals surface area (Å²) in [6.07, 6.45) is 1.96. The Hall–Kier alpha value is -0.790. The third kappa shape index (κ3) is 2.10. The maximum Gasteiger partial charge on any atom is 0.308 e. The van der Waals surface area contributed by atoms with Crippen molar-refractivity contribution >= 4 is 5.97 Å². The zero-order valence-corrected chi connectivity index (χ0v) is 7.80. The fourth-order valence-electron chi connectivity index (χ4n) is 1.37. The maximum absolute atomic E-state index is 11.1. The molecule has 0 aromatic carbocycles. The quantitative estimate of drug-likeness (QED) is 0.443. The number of carbonyl (C=O) groups excluding carboxylic acids is 1. The topological polar surface area (TPSA) is 26.3 Å². The van der Waals surface area contributed by atoms with Gasteiger partial charge in [0.1, 0.15) is 0 Å². The Bertz CT molecular complexity index is 196. The van der Waals surface area contributed by atoms with E-state index in [1.165, 1.54) is 0 Å². The summed E-state index contributed by atoms with van der Waals surface area (Å²) in [6, 6.07) is 0. The lowest BCUT2D eigenvalue weighted by Crippen LogP contribution is -2.13. The summed E-state index contributed by atoms with van der Waals surface area (Å²) in [6.45, 7) is 8.32. The minimum atomic E-state index is -0.0567. The predicted octanol–water partition coefficient (Wildman–Crippen LogP) is 2.15. The highest BCUT2D eigenvalue weighted by atomic mass is 16.5. The molecule has 1 aliphatic heterocycles. The number of ether oxygens (including phenoxy) is 1. The average Bonchev–Trinajstić information content (AvgIpc) is 2.16. The molecule has 1 heterocycles. The molecule has 1 unspecified atom stereocenters. The zero-order chi connectivity index (χ0) is 9.14. The van der Waals surface area contributed by atoms with E-state index in [1.807, 2.05) is 13.8 Å². The van der Waals surface area contributed by atoms with Gasteiger partial charge in [0, 0.05) is 5.92 Å². The lowest BCUT2D eigenvalue weighted by molar-refractivity contribution is -0.147. The molecule has 0 spiro atoms. The minimum absolute atomic E-state index is 0.0567. The Kier molecular flexibility index (Phi) is 2.90. The number of rotatable bonds is 1. The maximum atomic E-state index is 11.1. The summed E-state index contributed by atoms with van der Waals surface area (Å²) < 4.78 is 5.09. The van der Waals surface area contributed by atoms with Crippen molar-refractivity contribution in [3.63, 3.8) is 0 Å². The molecule has 1 saturated heterocycles. The number of carbonyl (C=O) groups is 1. The summed E-state index contributed by atoms with van der Waals surface area (Å²) >= 11 is 0. The summed E-state index contributed by atoms with van der Waals surface area (Å²) in [5, 5.41) is 0. The van der Waals surface area contributed by atoms with Crippen molar-refractivity contribution in [3.05, 3.63) is 12.2 Å². The largest absolute Gasteiger partial charge is 0.465 e. The number of hydrogen-bond acceptors (Lipinski definition) is 2. The Morgan fingerprint density at radius 1 is 1.58 bits per heavy atom. The van der Waals surface area contributed by atoms with E-state index in [9.17, 15) is 4.79 Å². The van der Waals surface area contributed by atoms with Gasteiger partial charge in [-0.15, -0.1) is 0 Å². The molecule has 0 aromatic heterocycles. The number of cyclic esters (lactones) is 1. The van der Waals surface area contributed by atoms with E-state index in [-0.39, 0.29) is 11.9 Å². The average molecular weight is 168 g/mol. The normalized spacial score (nSPS) is 30.7. The molecule has 12 heavy (non-hydrogen) atoms. The van der Waals surface area contributed by atoms with Gasteiger partial charge in [0.15, 0.2) is 0 Å². The van der Waals surface area contributed by atoms with E-state index >= 15 is 0 Å². The van der Waals surface area contributed by atoms with Crippen molar-refractivity contribution in [2.24, 2.45) is 11.8 Å². The van der Waals surface area contributed by atoms with Crippen LogP contribution in [0.25, 0.3) is 0 Å². The van der Waals surface area contributed by atoms with Gasteiger partial charge in [-0.2, -0.15) is 0 Å². The van der Waals surface area contributed by atoms with Crippen LogP contribution in [0.3, 0.4) is 0 Å². The summed E-state index contributed by atoms with van der Waals surface area (Å²) in [5.74, 6) is 0.381. The van der Waals surface area contributed by atoms with Crippen LogP contribution in [0.4, 0.5) is 0 Å². The third-order valence-electron chi connectivity index (χ3n) is 2.47. The van der Waals surface area contributed by atoms with E-state index < -0.39 is 0 Å². The molecule has 2 nitrogen and oxygen atoms in total. The lowest BCUT2D eigenvalue weighted by Gasteiger charge is -2.11. The second kappa shape index (κ2) is 3.74. The molecule has 0 N–H and O–H groups in total. The van der Waals surface area contributed by atoms with Crippen molar-refractivity contribution in [1.82, 2.24) is 0 Å². The smallest absolute Gasteiger partial charge is 0.308 e. The van der Waals surface area contributed by atoms with Gasteiger partial charge >= 0.3 is 5.97 Å². The van der Waals surface area contributed by atoms with Gasteiger partial charge in [0.25, 0.3) is 0 Å². The SMILES string of the molecule is C=C(C)[C@H]1CCC(C)C(=O)OC1. The molecular weight excluding hydrogens is 152 g/mol. The molecule has 1 rings (SSSR count). The summed E-state index contributed by atoms with van der Waals surface area (Å²) in [5.41, 5.74) is 1.12. The van der Waals surface area contributed by atoms with Crippen molar-refractivity contribution in [1.29, 1.82) is 0 Å². The minimum Gasteiger partial charge on any atom is -0.465 e. The second-order valence-corrected chi connectivity index (χ2v) is 3.65. The van der Waals surface area contributed by atoms with Crippen LogP contribution in [0, 0.1) is 11.8 Å². The van der Waals surface area contributed by atoms with E-state index in [1.54, 1.807) is 0 Å². The summed E-state index contributed by atoms with van der Waals surface area (Å²) in [4.78, 5) is 11.1. The van der Waals surface area contributed by atoms with Crippen LogP contribution >= 0.6 is 0 Å². The fourth-order valence-corrected chi connectivity index (χ4v) is 1.37. The second-order valence-electron chi connectivity index (χ2n) is 3.65. The van der Waals surface area contributed by atoms with E-state index in [4.69, 9.17) is 4.74 Å². The van der Waals surface area contributed by atoms with E-state index in [0.717, 1.165) is 18.4 Å². The lowest BCUT2D eigenvalue weighted by atomic mass is 9.94. The molecule has 2 atom stereocenters. The van der Waals surface area contributed by atoms with E-state index in [0.29, 0.717) is 12.5 Å². The van der Waals surface area contributed by atoms with Gasteiger partial charge in [0.2, 0.25) is 0 Å². The highest BCUT2D eigenvalue weighted by Crippen LogP contribution is 2.23. The molecule has 0 amide bonds. The molecule has 0 aliphatic carbocycles. The van der Waals surface area contributed by atoms with Crippen LogP contribution in [-0.2, 0) is 9.53 Å². The molecule has 0 saturated carbocycles. The fraction of sp³-hybridized carbons (Fsp3) is 0.700. The highest BCUT2D eigenvalue weighted by Gasteiger charge is 2.23. The first-order valence-electron chi connectivity index (χ1n) is 4.43. The molecule has 0 aromatic rings. The molecular formula is C10H16O2. The van der Waals surface area contributed by atoms with Gasteiger partial charge in [-0.1, -0.05) is 19.1 Å². The molecule has 1 aliphatic rings. The van der Waals surface area contributed by atoms with Crippen LogP contribution in [0.15, 0.2) is 12.2 Å². The van der Waals surface area contributed by atoms with Crippen LogP contribution in [0.1, 0.15) is 26.7 Å². The van der Waals surface area contributed by atoms with Crippen LogP contribution < -0.4 is 0 Å². The molecule has 0 bridgehead atoms. The van der Waals surface area contributed by atoms with Gasteiger partial charge in [-0.05, 0) is 19.8 Å². The monoisotopic (exact) mass is 168 g/mol. The highest BCUT2D eigenvalue weighted by molar-refractivity contribution is 5.72. The standard InChI is InChI=1S/C10H16O2/c1-7(2)9-5-4-8(3)10(11)12-6-9/h8-9H,1,4-6H2,2-3H3/t8?,9-/m0/s1.